The summed E-state index contributed by atoms with van der Waals surface area (Å²) in [7, 11) is 0. The molecule has 1 aromatic carbocycles. The molecule has 6 rings (SSSR count). The number of rotatable bonds is 6. The number of nitrogens with one attached hydrogen (secondary N) is 1. The number of benzene rings is 1. The zero-order valence-electron chi connectivity index (χ0n) is 19.0. The second kappa shape index (κ2) is 8.60. The van der Waals surface area contributed by atoms with Crippen LogP contribution in [0.5, 0.6) is 6.01 Å². The lowest BCUT2D eigenvalue weighted by molar-refractivity contribution is -0.0229. The van der Waals surface area contributed by atoms with Crippen LogP contribution in [0.25, 0.3) is 10.9 Å². The van der Waals surface area contributed by atoms with E-state index in [9.17, 15) is 8.78 Å². The van der Waals surface area contributed by atoms with Gasteiger partial charge in [0.05, 0.1) is 19.8 Å². The summed E-state index contributed by atoms with van der Waals surface area (Å²) >= 11 is 0. The van der Waals surface area contributed by atoms with E-state index in [1.165, 1.54) is 18.9 Å². The van der Waals surface area contributed by atoms with Crippen molar-refractivity contribution in [1.82, 2.24) is 20.2 Å². The van der Waals surface area contributed by atoms with Gasteiger partial charge in [0.25, 0.3) is 0 Å². The van der Waals surface area contributed by atoms with E-state index in [1.54, 1.807) is 0 Å². The van der Waals surface area contributed by atoms with Gasteiger partial charge in [0.15, 0.2) is 5.82 Å². The minimum Gasteiger partial charge on any atom is -0.463 e. The molecule has 0 saturated carbocycles. The first-order chi connectivity index (χ1) is 16.0. The Morgan fingerprint density at radius 2 is 1.82 bits per heavy atom. The van der Waals surface area contributed by atoms with E-state index in [4.69, 9.17) is 9.47 Å². The van der Waals surface area contributed by atoms with E-state index in [0.717, 1.165) is 51.8 Å². The molecule has 0 amide bonds. The molecule has 178 valence electrons. The third-order valence-corrected chi connectivity index (χ3v) is 7.61. The average Bonchev–Trinajstić information content (AvgIpc) is 3.22. The summed E-state index contributed by atoms with van der Waals surface area (Å²) in [5.41, 5.74) is 0.112. The number of anilines is 1. The van der Waals surface area contributed by atoms with Crippen molar-refractivity contribution in [3.05, 3.63) is 23.8 Å². The largest absolute Gasteiger partial charge is 0.463 e. The van der Waals surface area contributed by atoms with Gasteiger partial charge in [-0.3, -0.25) is 4.90 Å². The van der Waals surface area contributed by atoms with Crippen molar-refractivity contribution < 1.29 is 18.3 Å². The maximum Gasteiger partial charge on any atom is 0.319 e. The second-order valence-corrected chi connectivity index (χ2v) is 10.2. The maximum absolute atomic E-state index is 14.7. The summed E-state index contributed by atoms with van der Waals surface area (Å²) in [6.45, 7) is 6.66. The average molecular weight is 460 g/mol. The van der Waals surface area contributed by atoms with Gasteiger partial charge >= 0.3 is 6.01 Å². The Kier molecular flexibility index (Phi) is 5.58. The van der Waals surface area contributed by atoms with Gasteiger partial charge < -0.3 is 19.7 Å². The Hall–Kier alpha value is -2.10. The molecule has 4 saturated heterocycles. The molecule has 7 nitrogen and oxygen atoms in total. The molecule has 0 aliphatic carbocycles. The molecular weight excluding hydrogens is 428 g/mol. The van der Waals surface area contributed by atoms with E-state index in [2.05, 4.69) is 32.0 Å². The van der Waals surface area contributed by atoms with Crippen LogP contribution in [0.4, 0.5) is 14.6 Å². The van der Waals surface area contributed by atoms with Gasteiger partial charge in [0, 0.05) is 61.2 Å². The fourth-order valence-electron chi connectivity index (χ4n) is 6.04. The van der Waals surface area contributed by atoms with Crippen LogP contribution in [0.2, 0.25) is 0 Å². The monoisotopic (exact) mass is 459 g/mol. The Morgan fingerprint density at radius 3 is 2.55 bits per heavy atom. The highest BCUT2D eigenvalue weighted by Crippen LogP contribution is 2.33. The Labute approximate surface area is 192 Å². The molecule has 2 unspecified atom stereocenters. The molecule has 4 aliphatic rings. The molecule has 4 fully saturated rings. The fraction of sp³-hybridized carbons (Fsp3) is 0.667. The highest BCUT2D eigenvalue weighted by atomic mass is 19.1. The number of hydrogen-bond donors (Lipinski definition) is 1. The zero-order chi connectivity index (χ0) is 22.5. The summed E-state index contributed by atoms with van der Waals surface area (Å²) in [4.78, 5) is 13.7. The molecule has 33 heavy (non-hydrogen) atoms. The summed E-state index contributed by atoms with van der Waals surface area (Å²) in [6.07, 6.45) is 4.60. The standard InChI is InChI=1S/C24H31F2N5O2/c1-14(8-31-18-4-5-19(31)13-32-12-18)11-33-24-28-22-20(6-15(25)7-21(22)26)23(29-24)30-9-16-2-3-17(10-30)27-16/h6-7,14,16-19,27H,2-5,8-13H2,1H3/t14-,16-,17+,18?,19?/m1/s1. The molecule has 4 aliphatic heterocycles. The smallest absolute Gasteiger partial charge is 0.319 e. The second-order valence-electron chi connectivity index (χ2n) is 10.2. The third-order valence-electron chi connectivity index (χ3n) is 7.61. The number of ether oxygens (including phenoxy) is 2. The predicted octanol–water partition coefficient (Wildman–Crippen LogP) is 2.73. The third kappa shape index (κ3) is 4.15. The van der Waals surface area contributed by atoms with Gasteiger partial charge in [-0.15, -0.1) is 0 Å². The summed E-state index contributed by atoms with van der Waals surface area (Å²) in [6, 6.07) is 4.12. The van der Waals surface area contributed by atoms with E-state index in [1.807, 2.05) is 0 Å². The highest BCUT2D eigenvalue weighted by Gasteiger charge is 2.38. The lowest BCUT2D eigenvalue weighted by atomic mass is 10.1. The fourth-order valence-corrected chi connectivity index (χ4v) is 6.04. The summed E-state index contributed by atoms with van der Waals surface area (Å²) < 4.78 is 40.5. The first-order valence-electron chi connectivity index (χ1n) is 12.2. The molecule has 5 heterocycles. The number of morpholine rings is 1. The van der Waals surface area contributed by atoms with Crippen LogP contribution in [0, 0.1) is 17.6 Å². The van der Waals surface area contributed by atoms with Crippen molar-refractivity contribution >= 4 is 16.7 Å². The van der Waals surface area contributed by atoms with E-state index in [0.29, 0.717) is 42.0 Å². The van der Waals surface area contributed by atoms with E-state index >= 15 is 0 Å². The van der Waals surface area contributed by atoms with Crippen LogP contribution < -0.4 is 15.0 Å². The summed E-state index contributed by atoms with van der Waals surface area (Å²) in [5.74, 6) is -0.479. The zero-order valence-corrected chi connectivity index (χ0v) is 19.0. The SMILES string of the molecule is C[C@@H](COc1nc(N2C[C@H]3CC[C@@H](C2)N3)c2cc(F)cc(F)c2n1)CN1C2CCC1COC2. The molecule has 0 radical (unpaired) electrons. The maximum atomic E-state index is 14.7. The van der Waals surface area contributed by atoms with Gasteiger partial charge in [0.2, 0.25) is 0 Å². The lowest BCUT2D eigenvalue weighted by Crippen LogP contribution is -2.51. The quantitative estimate of drug-likeness (QED) is 0.713. The van der Waals surface area contributed by atoms with Crippen molar-refractivity contribution in [3.63, 3.8) is 0 Å². The number of piperazine rings is 1. The molecular formula is C24H31F2N5O2. The van der Waals surface area contributed by atoms with E-state index in [-0.39, 0.29) is 17.4 Å². The van der Waals surface area contributed by atoms with Crippen LogP contribution in [-0.2, 0) is 4.74 Å². The number of hydrogen-bond acceptors (Lipinski definition) is 7. The summed E-state index contributed by atoms with van der Waals surface area (Å²) in [5, 5.41) is 3.99. The molecule has 0 spiro atoms. The topological polar surface area (TPSA) is 62.8 Å². The minimum atomic E-state index is -0.686. The van der Waals surface area contributed by atoms with Crippen molar-refractivity contribution in [2.75, 3.05) is 44.4 Å². The van der Waals surface area contributed by atoms with E-state index < -0.39 is 11.6 Å². The van der Waals surface area contributed by atoms with Gasteiger partial charge in [-0.05, 0) is 31.7 Å². The van der Waals surface area contributed by atoms with Gasteiger partial charge in [-0.1, -0.05) is 6.92 Å². The lowest BCUT2D eigenvalue weighted by Gasteiger charge is -2.36. The predicted molar refractivity (Wildman–Crippen MR) is 121 cm³/mol. The van der Waals surface area contributed by atoms with Crippen molar-refractivity contribution in [1.29, 1.82) is 0 Å². The normalized spacial score (nSPS) is 30.2. The number of halogens is 2. The number of nitrogens with zero attached hydrogens (tertiary/aromatic N) is 4. The molecule has 2 aromatic rings. The number of aromatic nitrogens is 2. The minimum absolute atomic E-state index is 0.112. The molecule has 9 heteroatoms. The highest BCUT2D eigenvalue weighted by molar-refractivity contribution is 5.90. The van der Waals surface area contributed by atoms with Crippen molar-refractivity contribution in [2.45, 2.75) is 56.8 Å². The van der Waals surface area contributed by atoms with Crippen LogP contribution >= 0.6 is 0 Å². The Balaban J connectivity index is 1.23. The van der Waals surface area contributed by atoms with Crippen molar-refractivity contribution in [2.24, 2.45) is 5.92 Å². The Bertz CT molecular complexity index is 1010. The van der Waals surface area contributed by atoms with Crippen LogP contribution in [-0.4, -0.2) is 78.5 Å². The van der Waals surface area contributed by atoms with Gasteiger partial charge in [-0.25, -0.2) is 8.78 Å². The Morgan fingerprint density at radius 1 is 1.09 bits per heavy atom. The van der Waals surface area contributed by atoms with Gasteiger partial charge in [-0.2, -0.15) is 9.97 Å². The van der Waals surface area contributed by atoms with Crippen LogP contribution in [0.1, 0.15) is 32.6 Å². The van der Waals surface area contributed by atoms with Crippen molar-refractivity contribution in [3.8, 4) is 6.01 Å². The van der Waals surface area contributed by atoms with Crippen LogP contribution in [0.3, 0.4) is 0 Å². The molecule has 5 atom stereocenters. The van der Waals surface area contributed by atoms with Crippen LogP contribution in [0.15, 0.2) is 12.1 Å². The first-order valence-corrected chi connectivity index (χ1v) is 12.2. The molecule has 4 bridgehead atoms. The molecule has 1 N–H and O–H groups in total. The molecule has 1 aromatic heterocycles. The van der Waals surface area contributed by atoms with Gasteiger partial charge in [0.1, 0.15) is 17.2 Å². The number of fused-ring (bicyclic) bond motifs is 5. The first kappa shape index (κ1) is 21.4.